The van der Waals surface area contributed by atoms with Crippen molar-refractivity contribution in [1.29, 1.82) is 0 Å². The molecule has 1 aromatic carbocycles. The maximum Gasteiger partial charge on any atom is 0.325 e. The van der Waals surface area contributed by atoms with Crippen LogP contribution in [0.25, 0.3) is 22.2 Å². The van der Waals surface area contributed by atoms with Gasteiger partial charge in [0.05, 0.1) is 6.61 Å². The Kier molecular flexibility index (Phi) is 4.06. The van der Waals surface area contributed by atoms with Crippen molar-refractivity contribution < 1.29 is 9.53 Å². The Morgan fingerprint density at radius 1 is 1.32 bits per heavy atom. The maximum absolute atomic E-state index is 11.8. The van der Waals surface area contributed by atoms with Crippen LogP contribution in [0.4, 0.5) is 0 Å². The molecule has 6 heteroatoms. The van der Waals surface area contributed by atoms with Gasteiger partial charge in [0.2, 0.25) is 0 Å². The summed E-state index contributed by atoms with van der Waals surface area (Å²) in [7, 11) is 0. The standard InChI is InChI=1S/C16H14ClN3O2/c1-2-22-15(21)9-20-8-13(11-5-3-4-6-14(11)17)12-7-18-10-19-16(12)20/h3-8,10H,2,9H2,1H3. The fourth-order valence-electron chi connectivity index (χ4n) is 2.39. The first-order chi connectivity index (χ1) is 10.7. The molecule has 2 aromatic heterocycles. The van der Waals surface area contributed by atoms with Crippen LogP contribution in [0.3, 0.4) is 0 Å². The second kappa shape index (κ2) is 6.15. The van der Waals surface area contributed by atoms with Gasteiger partial charge in [-0.3, -0.25) is 4.79 Å². The number of halogens is 1. The van der Waals surface area contributed by atoms with Crippen LogP contribution in [0.1, 0.15) is 6.92 Å². The van der Waals surface area contributed by atoms with Crippen LogP contribution < -0.4 is 0 Å². The molecule has 2 heterocycles. The lowest BCUT2D eigenvalue weighted by atomic mass is 10.1. The molecule has 0 saturated carbocycles. The van der Waals surface area contributed by atoms with Crippen LogP contribution in [0.2, 0.25) is 5.02 Å². The molecule has 0 unspecified atom stereocenters. The Bertz CT molecular complexity index is 829. The normalized spacial score (nSPS) is 10.8. The molecule has 0 fully saturated rings. The highest BCUT2D eigenvalue weighted by molar-refractivity contribution is 6.33. The SMILES string of the molecule is CCOC(=O)Cn1cc(-c2ccccc2Cl)c2cncnc21. The molecule has 112 valence electrons. The molecular formula is C16H14ClN3O2. The van der Waals surface area contributed by atoms with E-state index in [1.807, 2.05) is 30.5 Å². The molecule has 3 aromatic rings. The number of esters is 1. The Morgan fingerprint density at radius 3 is 2.91 bits per heavy atom. The smallest absolute Gasteiger partial charge is 0.325 e. The van der Waals surface area contributed by atoms with Crippen LogP contribution in [-0.4, -0.2) is 27.1 Å². The summed E-state index contributed by atoms with van der Waals surface area (Å²) in [5.74, 6) is -0.302. The van der Waals surface area contributed by atoms with Crippen molar-refractivity contribution >= 4 is 28.6 Å². The lowest BCUT2D eigenvalue weighted by Gasteiger charge is -2.03. The third-order valence-corrected chi connectivity index (χ3v) is 3.64. The zero-order valence-electron chi connectivity index (χ0n) is 12.0. The molecular weight excluding hydrogens is 302 g/mol. The number of carbonyl (C=O) groups is 1. The predicted molar refractivity (Wildman–Crippen MR) is 84.6 cm³/mol. The van der Waals surface area contributed by atoms with Gasteiger partial charge in [-0.1, -0.05) is 29.8 Å². The first kappa shape index (κ1) is 14.5. The van der Waals surface area contributed by atoms with E-state index in [2.05, 4.69) is 9.97 Å². The first-order valence-corrected chi connectivity index (χ1v) is 7.28. The zero-order valence-corrected chi connectivity index (χ0v) is 12.7. The highest BCUT2D eigenvalue weighted by Gasteiger charge is 2.15. The van der Waals surface area contributed by atoms with E-state index in [4.69, 9.17) is 16.3 Å². The molecule has 0 bridgehead atoms. The second-order valence-electron chi connectivity index (χ2n) is 4.72. The van der Waals surface area contributed by atoms with Crippen molar-refractivity contribution in [3.05, 3.63) is 48.0 Å². The van der Waals surface area contributed by atoms with Gasteiger partial charge in [-0.25, -0.2) is 9.97 Å². The third-order valence-electron chi connectivity index (χ3n) is 3.31. The minimum absolute atomic E-state index is 0.103. The van der Waals surface area contributed by atoms with Crippen molar-refractivity contribution in [3.8, 4) is 11.1 Å². The summed E-state index contributed by atoms with van der Waals surface area (Å²) in [4.78, 5) is 20.1. The Balaban J connectivity index is 2.12. The lowest BCUT2D eigenvalue weighted by Crippen LogP contribution is -2.12. The predicted octanol–water partition coefficient (Wildman–Crippen LogP) is 3.31. The number of aromatic nitrogens is 3. The van der Waals surface area contributed by atoms with Crippen molar-refractivity contribution in [2.75, 3.05) is 6.61 Å². The highest BCUT2D eigenvalue weighted by Crippen LogP contribution is 2.33. The second-order valence-corrected chi connectivity index (χ2v) is 5.12. The lowest BCUT2D eigenvalue weighted by molar-refractivity contribution is -0.143. The summed E-state index contributed by atoms with van der Waals surface area (Å²) in [6.45, 7) is 2.24. The molecule has 0 aliphatic rings. The summed E-state index contributed by atoms with van der Waals surface area (Å²) >= 11 is 6.28. The fourth-order valence-corrected chi connectivity index (χ4v) is 2.63. The summed E-state index contributed by atoms with van der Waals surface area (Å²) in [6, 6.07) is 7.55. The van der Waals surface area contributed by atoms with Gasteiger partial charge in [-0.2, -0.15) is 0 Å². The molecule has 22 heavy (non-hydrogen) atoms. The number of fused-ring (bicyclic) bond motifs is 1. The molecule has 0 aliphatic carbocycles. The van der Waals surface area contributed by atoms with Crippen molar-refractivity contribution in [1.82, 2.24) is 14.5 Å². The van der Waals surface area contributed by atoms with Gasteiger partial charge in [0.25, 0.3) is 0 Å². The van der Waals surface area contributed by atoms with Gasteiger partial charge in [0.1, 0.15) is 18.5 Å². The highest BCUT2D eigenvalue weighted by atomic mass is 35.5. The largest absolute Gasteiger partial charge is 0.465 e. The number of ether oxygens (including phenoxy) is 1. The van der Waals surface area contributed by atoms with Crippen molar-refractivity contribution in [2.45, 2.75) is 13.5 Å². The van der Waals surface area contributed by atoms with Crippen LogP contribution in [0.5, 0.6) is 0 Å². The van der Waals surface area contributed by atoms with Crippen LogP contribution in [0, 0.1) is 0 Å². The maximum atomic E-state index is 11.8. The number of hydrogen-bond donors (Lipinski definition) is 0. The molecule has 0 N–H and O–H groups in total. The number of hydrogen-bond acceptors (Lipinski definition) is 4. The number of carbonyl (C=O) groups excluding carboxylic acids is 1. The van der Waals surface area contributed by atoms with E-state index in [9.17, 15) is 4.79 Å². The third kappa shape index (κ3) is 2.67. The average molecular weight is 316 g/mol. The van der Waals surface area contributed by atoms with Gasteiger partial charge >= 0.3 is 5.97 Å². The molecule has 0 radical (unpaired) electrons. The van der Waals surface area contributed by atoms with Gasteiger partial charge in [-0.15, -0.1) is 0 Å². The van der Waals surface area contributed by atoms with Crippen LogP contribution in [0.15, 0.2) is 43.0 Å². The van der Waals surface area contributed by atoms with E-state index in [-0.39, 0.29) is 12.5 Å². The van der Waals surface area contributed by atoms with E-state index < -0.39 is 0 Å². The van der Waals surface area contributed by atoms with E-state index >= 15 is 0 Å². The van der Waals surface area contributed by atoms with Crippen molar-refractivity contribution in [3.63, 3.8) is 0 Å². The molecule has 0 saturated heterocycles. The Hall–Kier alpha value is -2.40. The molecule has 0 aliphatic heterocycles. The fraction of sp³-hybridized carbons (Fsp3) is 0.188. The minimum Gasteiger partial charge on any atom is -0.465 e. The number of rotatable bonds is 4. The number of benzene rings is 1. The average Bonchev–Trinajstić information content (AvgIpc) is 2.87. The quantitative estimate of drug-likeness (QED) is 0.693. The van der Waals surface area contributed by atoms with Crippen LogP contribution >= 0.6 is 11.6 Å². The van der Waals surface area contributed by atoms with Crippen LogP contribution in [-0.2, 0) is 16.1 Å². The van der Waals surface area contributed by atoms with E-state index in [1.165, 1.54) is 6.33 Å². The molecule has 0 amide bonds. The summed E-state index contributed by atoms with van der Waals surface area (Å²) in [5, 5.41) is 1.49. The first-order valence-electron chi connectivity index (χ1n) is 6.90. The molecule has 0 spiro atoms. The summed E-state index contributed by atoms with van der Waals surface area (Å²) < 4.78 is 6.76. The number of nitrogens with zero attached hydrogens (tertiary/aromatic N) is 3. The summed E-state index contributed by atoms with van der Waals surface area (Å²) in [5.41, 5.74) is 2.45. The zero-order chi connectivity index (χ0) is 15.5. The van der Waals surface area contributed by atoms with Gasteiger partial charge in [-0.05, 0) is 13.0 Å². The van der Waals surface area contributed by atoms with E-state index in [0.717, 1.165) is 16.5 Å². The van der Waals surface area contributed by atoms with E-state index in [0.29, 0.717) is 17.3 Å². The topological polar surface area (TPSA) is 57.0 Å². The van der Waals surface area contributed by atoms with E-state index in [1.54, 1.807) is 17.7 Å². The van der Waals surface area contributed by atoms with Gasteiger partial charge in [0.15, 0.2) is 0 Å². The minimum atomic E-state index is -0.302. The summed E-state index contributed by atoms with van der Waals surface area (Å²) in [6.07, 6.45) is 5.04. The molecule has 0 atom stereocenters. The Morgan fingerprint density at radius 2 is 2.14 bits per heavy atom. The Labute approximate surface area is 132 Å². The molecule has 3 rings (SSSR count). The van der Waals surface area contributed by atoms with Gasteiger partial charge in [0, 0.05) is 33.9 Å². The van der Waals surface area contributed by atoms with Crippen molar-refractivity contribution in [2.24, 2.45) is 0 Å². The monoisotopic (exact) mass is 315 g/mol. The molecule has 5 nitrogen and oxygen atoms in total. The van der Waals surface area contributed by atoms with Gasteiger partial charge < -0.3 is 9.30 Å².